The number of furan rings is 1. The summed E-state index contributed by atoms with van der Waals surface area (Å²) in [4.78, 5) is 0. The number of hydrogen-bond donors (Lipinski definition) is 1. The van der Waals surface area contributed by atoms with E-state index in [-0.39, 0.29) is 0 Å². The monoisotopic (exact) mass is 193 g/mol. The molecule has 2 heterocycles. The van der Waals surface area contributed by atoms with Crippen molar-refractivity contribution in [1.82, 2.24) is 5.32 Å². The van der Waals surface area contributed by atoms with Gasteiger partial charge >= 0.3 is 0 Å². The molecule has 2 nitrogen and oxygen atoms in total. The molecule has 0 bridgehead atoms. The van der Waals surface area contributed by atoms with Gasteiger partial charge in [-0.15, -0.1) is 0 Å². The first-order chi connectivity index (χ1) is 6.73. The molecule has 1 unspecified atom stereocenters. The summed E-state index contributed by atoms with van der Waals surface area (Å²) in [7, 11) is 0. The molecule has 1 saturated heterocycles. The lowest BCUT2D eigenvalue weighted by atomic mass is 9.80. The molecule has 0 aromatic carbocycles. The highest BCUT2D eigenvalue weighted by Crippen LogP contribution is 2.31. The number of hydrogen-bond acceptors (Lipinski definition) is 2. The SMILES string of the molecule is CC(C)C1(Cc2ccoc2)CCCN1. The summed E-state index contributed by atoms with van der Waals surface area (Å²) in [5.74, 6) is 0.680. The van der Waals surface area contributed by atoms with Crippen LogP contribution in [-0.4, -0.2) is 12.1 Å². The second-order valence-corrected chi connectivity index (χ2v) is 4.65. The van der Waals surface area contributed by atoms with Gasteiger partial charge in [-0.3, -0.25) is 0 Å². The molecule has 2 rings (SSSR count). The average Bonchev–Trinajstić information content (AvgIpc) is 2.76. The summed E-state index contributed by atoms with van der Waals surface area (Å²) >= 11 is 0. The van der Waals surface area contributed by atoms with Crippen molar-refractivity contribution in [3.8, 4) is 0 Å². The molecule has 0 radical (unpaired) electrons. The fourth-order valence-corrected chi connectivity index (χ4v) is 2.43. The third-order valence-corrected chi connectivity index (χ3v) is 3.48. The molecule has 1 aromatic heterocycles. The summed E-state index contributed by atoms with van der Waals surface area (Å²) in [5, 5.41) is 3.67. The van der Waals surface area contributed by atoms with Gasteiger partial charge in [-0.25, -0.2) is 0 Å². The minimum atomic E-state index is 0.309. The van der Waals surface area contributed by atoms with Crippen molar-refractivity contribution in [3.63, 3.8) is 0 Å². The van der Waals surface area contributed by atoms with Crippen LogP contribution in [0.3, 0.4) is 0 Å². The minimum Gasteiger partial charge on any atom is -0.472 e. The van der Waals surface area contributed by atoms with Crippen molar-refractivity contribution in [2.45, 2.75) is 38.6 Å². The van der Waals surface area contributed by atoms with E-state index in [4.69, 9.17) is 4.42 Å². The van der Waals surface area contributed by atoms with E-state index in [1.165, 1.54) is 18.4 Å². The molecule has 0 saturated carbocycles. The minimum absolute atomic E-state index is 0.309. The Bertz CT molecular complexity index is 271. The number of rotatable bonds is 3. The zero-order valence-corrected chi connectivity index (χ0v) is 9.05. The maximum absolute atomic E-state index is 5.12. The molecule has 1 fully saturated rings. The van der Waals surface area contributed by atoms with E-state index in [0.717, 1.165) is 13.0 Å². The first-order valence-corrected chi connectivity index (χ1v) is 5.49. The quantitative estimate of drug-likeness (QED) is 0.798. The predicted molar refractivity (Wildman–Crippen MR) is 57.2 cm³/mol. The molecular weight excluding hydrogens is 174 g/mol. The normalized spacial score (nSPS) is 27.4. The van der Waals surface area contributed by atoms with Gasteiger partial charge in [0, 0.05) is 5.54 Å². The Morgan fingerprint density at radius 1 is 1.57 bits per heavy atom. The summed E-state index contributed by atoms with van der Waals surface area (Å²) in [6, 6.07) is 2.07. The molecule has 14 heavy (non-hydrogen) atoms. The summed E-state index contributed by atoms with van der Waals surface area (Å²) < 4.78 is 5.12. The molecule has 0 spiro atoms. The van der Waals surface area contributed by atoms with E-state index in [2.05, 4.69) is 25.2 Å². The maximum atomic E-state index is 5.12. The van der Waals surface area contributed by atoms with Crippen LogP contribution >= 0.6 is 0 Å². The first-order valence-electron chi connectivity index (χ1n) is 5.49. The Morgan fingerprint density at radius 2 is 2.43 bits per heavy atom. The average molecular weight is 193 g/mol. The van der Waals surface area contributed by atoms with Gasteiger partial charge in [0.25, 0.3) is 0 Å². The van der Waals surface area contributed by atoms with Crippen LogP contribution in [0.1, 0.15) is 32.3 Å². The Balaban J connectivity index is 2.12. The van der Waals surface area contributed by atoms with E-state index in [9.17, 15) is 0 Å². The highest BCUT2D eigenvalue weighted by atomic mass is 16.3. The van der Waals surface area contributed by atoms with Crippen LogP contribution in [0.5, 0.6) is 0 Å². The molecular formula is C12H19NO. The summed E-state index contributed by atoms with van der Waals surface area (Å²) in [6.45, 7) is 5.77. The standard InChI is InChI=1S/C12H19NO/c1-10(2)12(5-3-6-13-12)8-11-4-7-14-9-11/h4,7,9-10,13H,3,5-6,8H2,1-2H3. The van der Waals surface area contributed by atoms with Crippen LogP contribution < -0.4 is 5.32 Å². The van der Waals surface area contributed by atoms with Crippen molar-refractivity contribution >= 4 is 0 Å². The predicted octanol–water partition coefficient (Wildman–Crippen LogP) is 2.60. The van der Waals surface area contributed by atoms with Crippen LogP contribution in [0.4, 0.5) is 0 Å². The van der Waals surface area contributed by atoms with Gasteiger partial charge in [0.2, 0.25) is 0 Å². The van der Waals surface area contributed by atoms with Gasteiger partial charge in [0.1, 0.15) is 0 Å². The van der Waals surface area contributed by atoms with Crippen LogP contribution in [0.15, 0.2) is 23.0 Å². The van der Waals surface area contributed by atoms with Crippen LogP contribution in [-0.2, 0) is 6.42 Å². The topological polar surface area (TPSA) is 25.2 Å². The van der Waals surface area contributed by atoms with E-state index in [1.807, 2.05) is 6.26 Å². The third kappa shape index (κ3) is 1.71. The van der Waals surface area contributed by atoms with Crippen LogP contribution in [0, 0.1) is 5.92 Å². The van der Waals surface area contributed by atoms with E-state index >= 15 is 0 Å². The molecule has 0 aliphatic carbocycles. The molecule has 1 aliphatic heterocycles. The third-order valence-electron chi connectivity index (χ3n) is 3.48. The summed E-state index contributed by atoms with van der Waals surface area (Å²) in [6.07, 6.45) is 7.31. The second-order valence-electron chi connectivity index (χ2n) is 4.65. The Kier molecular flexibility index (Phi) is 2.64. The molecule has 2 heteroatoms. The van der Waals surface area contributed by atoms with Crippen molar-refractivity contribution in [3.05, 3.63) is 24.2 Å². The summed E-state index contributed by atoms with van der Waals surface area (Å²) in [5.41, 5.74) is 1.62. The molecule has 1 aliphatic rings. The zero-order chi connectivity index (χ0) is 10.0. The van der Waals surface area contributed by atoms with Gasteiger partial charge < -0.3 is 9.73 Å². The maximum Gasteiger partial charge on any atom is 0.0935 e. The highest BCUT2D eigenvalue weighted by Gasteiger charge is 2.36. The van der Waals surface area contributed by atoms with Crippen LogP contribution in [0.25, 0.3) is 0 Å². The molecule has 1 N–H and O–H groups in total. The highest BCUT2D eigenvalue weighted by molar-refractivity contribution is 5.13. The fourth-order valence-electron chi connectivity index (χ4n) is 2.43. The Labute approximate surface area is 85.7 Å². The van der Waals surface area contributed by atoms with Crippen molar-refractivity contribution in [2.24, 2.45) is 5.92 Å². The Hall–Kier alpha value is -0.760. The fraction of sp³-hybridized carbons (Fsp3) is 0.667. The van der Waals surface area contributed by atoms with E-state index < -0.39 is 0 Å². The van der Waals surface area contributed by atoms with Gasteiger partial charge in [-0.2, -0.15) is 0 Å². The van der Waals surface area contributed by atoms with Gasteiger partial charge in [-0.05, 0) is 43.4 Å². The molecule has 0 amide bonds. The molecule has 1 aromatic rings. The molecule has 78 valence electrons. The van der Waals surface area contributed by atoms with Gasteiger partial charge in [0.15, 0.2) is 0 Å². The molecule has 1 atom stereocenters. The van der Waals surface area contributed by atoms with E-state index in [1.54, 1.807) is 6.26 Å². The zero-order valence-electron chi connectivity index (χ0n) is 9.05. The first kappa shape index (κ1) is 9.78. The largest absolute Gasteiger partial charge is 0.472 e. The lowest BCUT2D eigenvalue weighted by molar-refractivity contribution is 0.269. The Morgan fingerprint density at radius 3 is 2.93 bits per heavy atom. The second kappa shape index (κ2) is 3.77. The van der Waals surface area contributed by atoms with Crippen molar-refractivity contribution < 1.29 is 4.42 Å². The van der Waals surface area contributed by atoms with Crippen LogP contribution in [0.2, 0.25) is 0 Å². The van der Waals surface area contributed by atoms with Gasteiger partial charge in [-0.1, -0.05) is 13.8 Å². The lowest BCUT2D eigenvalue weighted by Gasteiger charge is -2.33. The lowest BCUT2D eigenvalue weighted by Crippen LogP contribution is -2.46. The van der Waals surface area contributed by atoms with Crippen molar-refractivity contribution in [1.29, 1.82) is 0 Å². The van der Waals surface area contributed by atoms with Gasteiger partial charge in [0.05, 0.1) is 12.5 Å². The number of nitrogens with one attached hydrogen (secondary N) is 1. The van der Waals surface area contributed by atoms with Crippen molar-refractivity contribution in [2.75, 3.05) is 6.54 Å². The van der Waals surface area contributed by atoms with E-state index in [0.29, 0.717) is 11.5 Å². The smallest absolute Gasteiger partial charge is 0.0935 e.